The number of Topliss-reactive ketones (excluding diaryl/α,β-unsaturated/α-hetero) is 1. The molecule has 1 aromatic carbocycles. The highest BCUT2D eigenvalue weighted by molar-refractivity contribution is 9.28. The van der Waals surface area contributed by atoms with Gasteiger partial charge in [0.05, 0.1) is 0 Å². The predicted molar refractivity (Wildman–Crippen MR) is 57.2 cm³/mol. The van der Waals surface area contributed by atoms with E-state index in [2.05, 4.69) is 31.9 Å². The number of carbonyl (C=O) groups is 1. The molecule has 2 rings (SSSR count). The lowest BCUT2D eigenvalue weighted by Gasteiger charge is -2.06. The molecule has 0 fully saturated rings. The van der Waals surface area contributed by atoms with Crippen LogP contribution in [0.2, 0.25) is 0 Å². The molecule has 0 N–H and O–H groups in total. The summed E-state index contributed by atoms with van der Waals surface area (Å²) >= 11 is 8.12. The maximum absolute atomic E-state index is 11.6. The van der Waals surface area contributed by atoms with Crippen LogP contribution in [0.3, 0.4) is 0 Å². The second-order valence-corrected chi connectivity index (χ2v) is 8.19. The quantitative estimate of drug-likeness (QED) is 0.683. The standard InChI is InChI=1S/C8H4Br2OS/c9-8(10)7(11)5-3-1-2-4-6(5)12-8/h1-4H. The van der Waals surface area contributed by atoms with Crippen molar-refractivity contribution >= 4 is 49.4 Å². The molecule has 4 heteroatoms. The lowest BCUT2D eigenvalue weighted by Crippen LogP contribution is -2.13. The number of carbonyl (C=O) groups excluding carboxylic acids is 1. The van der Waals surface area contributed by atoms with Gasteiger partial charge in [-0.3, -0.25) is 4.79 Å². The van der Waals surface area contributed by atoms with Crippen molar-refractivity contribution in [1.82, 2.24) is 0 Å². The summed E-state index contributed by atoms with van der Waals surface area (Å²) in [6, 6.07) is 7.59. The van der Waals surface area contributed by atoms with Crippen molar-refractivity contribution in [1.29, 1.82) is 0 Å². The molecule has 0 aliphatic carbocycles. The van der Waals surface area contributed by atoms with E-state index < -0.39 is 2.57 Å². The zero-order chi connectivity index (χ0) is 8.77. The van der Waals surface area contributed by atoms with Crippen molar-refractivity contribution in [2.24, 2.45) is 0 Å². The minimum absolute atomic E-state index is 0.0862. The number of benzene rings is 1. The number of ketones is 1. The molecule has 1 aromatic rings. The van der Waals surface area contributed by atoms with E-state index in [-0.39, 0.29) is 5.78 Å². The predicted octanol–water partition coefficient (Wildman–Crippen LogP) is 3.42. The minimum Gasteiger partial charge on any atom is -0.291 e. The lowest BCUT2D eigenvalue weighted by atomic mass is 10.2. The number of hydrogen-bond donors (Lipinski definition) is 0. The van der Waals surface area contributed by atoms with Crippen molar-refractivity contribution in [3.63, 3.8) is 0 Å². The third-order valence-electron chi connectivity index (χ3n) is 1.63. The monoisotopic (exact) mass is 306 g/mol. The van der Waals surface area contributed by atoms with E-state index >= 15 is 0 Å². The second-order valence-electron chi connectivity index (χ2n) is 2.44. The van der Waals surface area contributed by atoms with Crippen LogP contribution in [-0.4, -0.2) is 8.35 Å². The molecule has 0 amide bonds. The third-order valence-corrected chi connectivity index (χ3v) is 4.34. The molecule has 0 saturated carbocycles. The van der Waals surface area contributed by atoms with Gasteiger partial charge >= 0.3 is 0 Å². The Hall–Kier alpha value is 0.200. The molecule has 12 heavy (non-hydrogen) atoms. The van der Waals surface area contributed by atoms with Crippen LogP contribution in [0, 0.1) is 0 Å². The van der Waals surface area contributed by atoms with Crippen LogP contribution in [-0.2, 0) is 0 Å². The van der Waals surface area contributed by atoms with E-state index in [4.69, 9.17) is 0 Å². The first kappa shape index (κ1) is 8.78. The van der Waals surface area contributed by atoms with Crippen molar-refractivity contribution in [2.45, 2.75) is 7.46 Å². The average Bonchev–Trinajstić information content (AvgIpc) is 2.24. The smallest absolute Gasteiger partial charge is 0.201 e. The summed E-state index contributed by atoms with van der Waals surface area (Å²) in [4.78, 5) is 12.6. The molecule has 0 radical (unpaired) electrons. The molecule has 1 nitrogen and oxygen atoms in total. The van der Waals surface area contributed by atoms with Crippen molar-refractivity contribution in [2.75, 3.05) is 0 Å². The minimum atomic E-state index is -0.635. The van der Waals surface area contributed by atoms with Gasteiger partial charge in [-0.15, -0.1) is 0 Å². The fraction of sp³-hybridized carbons (Fsp3) is 0.125. The molecule has 0 unspecified atom stereocenters. The Morgan fingerprint density at radius 3 is 2.58 bits per heavy atom. The van der Waals surface area contributed by atoms with E-state index in [1.807, 2.05) is 24.3 Å². The number of thioether (sulfide) groups is 1. The molecule has 0 atom stereocenters. The molecule has 62 valence electrons. The largest absolute Gasteiger partial charge is 0.291 e. The van der Waals surface area contributed by atoms with E-state index in [0.29, 0.717) is 0 Å². The summed E-state index contributed by atoms with van der Waals surface area (Å²) in [6.45, 7) is 0. The van der Waals surface area contributed by atoms with Gasteiger partial charge in [0.2, 0.25) is 5.78 Å². The molecule has 0 saturated heterocycles. The molecule has 1 aliphatic rings. The van der Waals surface area contributed by atoms with Gasteiger partial charge in [-0.25, -0.2) is 0 Å². The molecule has 0 spiro atoms. The Kier molecular flexibility index (Phi) is 2.09. The summed E-state index contributed by atoms with van der Waals surface area (Å²) in [5, 5.41) is 0. The maximum atomic E-state index is 11.6. The van der Waals surface area contributed by atoms with Gasteiger partial charge in [-0.1, -0.05) is 61.8 Å². The zero-order valence-corrected chi connectivity index (χ0v) is 9.87. The normalized spacial score (nSPS) is 19.3. The Balaban J connectivity index is 2.57. The molecule has 1 heterocycles. The SMILES string of the molecule is O=C1c2ccccc2SC1(Br)Br. The van der Waals surface area contributed by atoms with Gasteiger partial charge in [-0.05, 0) is 6.07 Å². The van der Waals surface area contributed by atoms with E-state index in [0.717, 1.165) is 10.5 Å². The van der Waals surface area contributed by atoms with Crippen LogP contribution in [0.25, 0.3) is 0 Å². The number of halogens is 2. The Labute approximate surface area is 91.2 Å². The second kappa shape index (κ2) is 2.86. The first-order chi connectivity index (χ1) is 5.61. The van der Waals surface area contributed by atoms with Gasteiger partial charge in [0.25, 0.3) is 0 Å². The van der Waals surface area contributed by atoms with Crippen molar-refractivity contribution < 1.29 is 4.79 Å². The third kappa shape index (κ3) is 1.26. The fourth-order valence-corrected chi connectivity index (χ4v) is 3.45. The van der Waals surface area contributed by atoms with Crippen LogP contribution in [0.4, 0.5) is 0 Å². The van der Waals surface area contributed by atoms with E-state index in [1.54, 1.807) is 0 Å². The Morgan fingerprint density at radius 2 is 1.92 bits per heavy atom. The van der Waals surface area contributed by atoms with Gasteiger partial charge in [-0.2, -0.15) is 0 Å². The van der Waals surface area contributed by atoms with E-state index in [1.165, 1.54) is 11.8 Å². The van der Waals surface area contributed by atoms with Crippen LogP contribution in [0.15, 0.2) is 29.2 Å². The van der Waals surface area contributed by atoms with Gasteiger partial charge < -0.3 is 0 Å². The van der Waals surface area contributed by atoms with Gasteiger partial charge in [0.1, 0.15) is 0 Å². The Bertz CT molecular complexity index is 349. The highest BCUT2D eigenvalue weighted by atomic mass is 79.9. The average molecular weight is 308 g/mol. The first-order valence-corrected chi connectivity index (χ1v) is 5.72. The number of fused-ring (bicyclic) bond motifs is 1. The lowest BCUT2D eigenvalue weighted by molar-refractivity contribution is 0.101. The molecule has 0 bridgehead atoms. The highest BCUT2D eigenvalue weighted by Crippen LogP contribution is 2.52. The van der Waals surface area contributed by atoms with Crippen LogP contribution in [0.1, 0.15) is 10.4 Å². The van der Waals surface area contributed by atoms with E-state index in [9.17, 15) is 4.79 Å². The summed E-state index contributed by atoms with van der Waals surface area (Å²) in [5.74, 6) is 0.0862. The summed E-state index contributed by atoms with van der Waals surface area (Å²) in [7, 11) is 0. The fourth-order valence-electron chi connectivity index (χ4n) is 1.08. The highest BCUT2D eigenvalue weighted by Gasteiger charge is 2.41. The Morgan fingerprint density at radius 1 is 1.25 bits per heavy atom. The number of hydrogen-bond acceptors (Lipinski definition) is 2. The van der Waals surface area contributed by atoms with Gasteiger partial charge in [0.15, 0.2) is 2.57 Å². The van der Waals surface area contributed by atoms with Gasteiger partial charge in [0, 0.05) is 10.5 Å². The number of rotatable bonds is 0. The van der Waals surface area contributed by atoms with Crippen LogP contribution in [0.5, 0.6) is 0 Å². The molecular formula is C8H4Br2OS. The summed E-state index contributed by atoms with van der Waals surface area (Å²) < 4.78 is -0.635. The van der Waals surface area contributed by atoms with Crippen LogP contribution < -0.4 is 0 Å². The summed E-state index contributed by atoms with van der Waals surface area (Å²) in [6.07, 6.45) is 0. The van der Waals surface area contributed by atoms with Crippen molar-refractivity contribution in [3.05, 3.63) is 29.8 Å². The topological polar surface area (TPSA) is 17.1 Å². The number of alkyl halides is 2. The first-order valence-electron chi connectivity index (χ1n) is 3.32. The summed E-state index contributed by atoms with van der Waals surface area (Å²) in [5.41, 5.74) is 0.788. The molecule has 0 aromatic heterocycles. The zero-order valence-electron chi connectivity index (χ0n) is 5.88. The van der Waals surface area contributed by atoms with Crippen LogP contribution >= 0.6 is 43.6 Å². The maximum Gasteiger partial charge on any atom is 0.201 e. The van der Waals surface area contributed by atoms with Crippen molar-refractivity contribution in [3.8, 4) is 0 Å². The molecular weight excluding hydrogens is 304 g/mol. The molecule has 1 aliphatic heterocycles.